The number of hydrogen-bond donors (Lipinski definition) is 1. The van der Waals surface area contributed by atoms with Gasteiger partial charge in [0.2, 0.25) is 5.91 Å². The minimum Gasteiger partial charge on any atom is -0.308 e. The zero-order valence-electron chi connectivity index (χ0n) is 11.0. The molecule has 104 valence electrons. The number of nitrogens with zero attached hydrogens (tertiary/aromatic N) is 1. The predicted octanol–water partition coefficient (Wildman–Crippen LogP) is 3.08. The zero-order valence-corrected chi connectivity index (χ0v) is 12.5. The molecular formula is C14H18BrFN2O. The van der Waals surface area contributed by atoms with Crippen molar-refractivity contribution in [2.75, 3.05) is 18.0 Å². The van der Waals surface area contributed by atoms with Crippen molar-refractivity contribution in [2.24, 2.45) is 0 Å². The molecule has 1 unspecified atom stereocenters. The smallest absolute Gasteiger partial charge is 0.244 e. The van der Waals surface area contributed by atoms with E-state index in [9.17, 15) is 9.18 Å². The molecule has 0 radical (unpaired) electrons. The average Bonchev–Trinajstić information content (AvgIpc) is 2.38. The number of benzene rings is 1. The minimum absolute atomic E-state index is 0.0269. The summed E-state index contributed by atoms with van der Waals surface area (Å²) in [4.78, 5) is 13.9. The third-order valence-corrected chi connectivity index (χ3v) is 3.77. The molecule has 1 atom stereocenters. The normalized spacial score (nSPS) is 19.8. The van der Waals surface area contributed by atoms with E-state index in [1.807, 2.05) is 0 Å². The first-order valence-electron chi connectivity index (χ1n) is 6.63. The molecule has 5 heteroatoms. The molecule has 1 aliphatic rings. The fourth-order valence-corrected chi connectivity index (χ4v) is 2.66. The molecule has 1 heterocycles. The number of amides is 1. The van der Waals surface area contributed by atoms with E-state index in [0.29, 0.717) is 16.7 Å². The van der Waals surface area contributed by atoms with Gasteiger partial charge in [-0.3, -0.25) is 4.79 Å². The van der Waals surface area contributed by atoms with Gasteiger partial charge >= 0.3 is 0 Å². The first-order valence-corrected chi connectivity index (χ1v) is 7.42. The van der Waals surface area contributed by atoms with E-state index in [1.54, 1.807) is 17.0 Å². The predicted molar refractivity (Wildman–Crippen MR) is 77.8 cm³/mol. The SMILES string of the molecule is CCCNC1CCCN(c2ccc(Br)cc2F)C1=O. The molecule has 0 bridgehead atoms. The maximum absolute atomic E-state index is 13.9. The molecule has 1 fully saturated rings. The Morgan fingerprint density at radius 3 is 3.00 bits per heavy atom. The fourth-order valence-electron chi connectivity index (χ4n) is 2.32. The molecule has 0 aliphatic carbocycles. The van der Waals surface area contributed by atoms with Gasteiger partial charge in [-0.05, 0) is 44.0 Å². The third kappa shape index (κ3) is 3.34. The van der Waals surface area contributed by atoms with Gasteiger partial charge in [0.25, 0.3) is 0 Å². The second-order valence-corrected chi connectivity index (χ2v) is 5.65. The van der Waals surface area contributed by atoms with Gasteiger partial charge in [-0.2, -0.15) is 0 Å². The molecule has 1 aromatic rings. The first kappa shape index (κ1) is 14.5. The second-order valence-electron chi connectivity index (χ2n) is 4.73. The second kappa shape index (κ2) is 6.48. The van der Waals surface area contributed by atoms with Gasteiger partial charge < -0.3 is 10.2 Å². The van der Waals surface area contributed by atoms with Crippen LogP contribution in [0, 0.1) is 5.82 Å². The number of halogens is 2. The van der Waals surface area contributed by atoms with E-state index in [2.05, 4.69) is 28.2 Å². The summed E-state index contributed by atoms with van der Waals surface area (Å²) < 4.78 is 14.6. The molecule has 1 saturated heterocycles. The summed E-state index contributed by atoms with van der Waals surface area (Å²) in [6.45, 7) is 3.46. The van der Waals surface area contributed by atoms with E-state index in [0.717, 1.165) is 25.8 Å². The monoisotopic (exact) mass is 328 g/mol. The standard InChI is InChI=1S/C14H18BrFN2O/c1-2-7-17-12-4-3-8-18(14(12)19)13-6-5-10(15)9-11(13)16/h5-6,9,12,17H,2-4,7-8H2,1H3. The Morgan fingerprint density at radius 2 is 2.32 bits per heavy atom. The quantitative estimate of drug-likeness (QED) is 0.921. The van der Waals surface area contributed by atoms with Crippen LogP contribution in [0.15, 0.2) is 22.7 Å². The lowest BCUT2D eigenvalue weighted by Crippen LogP contribution is -2.51. The van der Waals surface area contributed by atoms with Gasteiger partial charge in [0.05, 0.1) is 11.7 Å². The number of anilines is 1. The van der Waals surface area contributed by atoms with Gasteiger partial charge in [-0.1, -0.05) is 22.9 Å². The third-order valence-electron chi connectivity index (χ3n) is 3.28. The van der Waals surface area contributed by atoms with Gasteiger partial charge in [0.15, 0.2) is 0 Å². The first-order chi connectivity index (χ1) is 9.13. The summed E-state index contributed by atoms with van der Waals surface area (Å²) in [5, 5.41) is 3.23. The van der Waals surface area contributed by atoms with E-state index in [-0.39, 0.29) is 17.8 Å². The van der Waals surface area contributed by atoms with Crippen LogP contribution in [0.1, 0.15) is 26.2 Å². The average molecular weight is 329 g/mol. The topological polar surface area (TPSA) is 32.3 Å². The van der Waals surface area contributed by atoms with E-state index >= 15 is 0 Å². The number of piperidine rings is 1. The number of carbonyl (C=O) groups excluding carboxylic acids is 1. The summed E-state index contributed by atoms with van der Waals surface area (Å²) in [5.74, 6) is -0.389. The Bertz CT molecular complexity index is 467. The van der Waals surface area contributed by atoms with Crippen molar-refractivity contribution in [3.8, 4) is 0 Å². The molecule has 1 N–H and O–H groups in total. The summed E-state index contributed by atoms with van der Waals surface area (Å²) >= 11 is 3.23. The summed E-state index contributed by atoms with van der Waals surface area (Å²) in [6.07, 6.45) is 2.70. The van der Waals surface area contributed by atoms with Crippen LogP contribution >= 0.6 is 15.9 Å². The fraction of sp³-hybridized carbons (Fsp3) is 0.500. The molecule has 1 aliphatic heterocycles. The van der Waals surface area contributed by atoms with Gasteiger partial charge in [-0.15, -0.1) is 0 Å². The van der Waals surface area contributed by atoms with E-state index < -0.39 is 0 Å². The van der Waals surface area contributed by atoms with Crippen molar-refractivity contribution >= 4 is 27.5 Å². The lowest BCUT2D eigenvalue weighted by molar-refractivity contribution is -0.121. The van der Waals surface area contributed by atoms with Crippen LogP contribution in [0.5, 0.6) is 0 Å². The summed E-state index contributed by atoms with van der Waals surface area (Å²) in [6, 6.07) is 4.62. The van der Waals surface area contributed by atoms with Crippen molar-refractivity contribution in [1.29, 1.82) is 0 Å². The molecule has 2 rings (SSSR count). The van der Waals surface area contributed by atoms with Crippen LogP contribution in [0.25, 0.3) is 0 Å². The molecular weight excluding hydrogens is 311 g/mol. The van der Waals surface area contributed by atoms with E-state index in [1.165, 1.54) is 6.07 Å². The molecule has 0 spiro atoms. The highest BCUT2D eigenvalue weighted by Crippen LogP contribution is 2.26. The van der Waals surface area contributed by atoms with Gasteiger partial charge in [0, 0.05) is 11.0 Å². The number of carbonyl (C=O) groups is 1. The lowest BCUT2D eigenvalue weighted by Gasteiger charge is -2.33. The highest BCUT2D eigenvalue weighted by molar-refractivity contribution is 9.10. The molecule has 0 aromatic heterocycles. The van der Waals surface area contributed by atoms with Crippen LogP contribution in [-0.4, -0.2) is 25.0 Å². The maximum atomic E-state index is 13.9. The van der Waals surface area contributed by atoms with Crippen LogP contribution in [0.4, 0.5) is 10.1 Å². The van der Waals surface area contributed by atoms with E-state index in [4.69, 9.17) is 0 Å². The molecule has 0 saturated carbocycles. The Labute approximate surface area is 121 Å². The van der Waals surface area contributed by atoms with Crippen LogP contribution in [0.3, 0.4) is 0 Å². The van der Waals surface area contributed by atoms with Crippen molar-refractivity contribution in [2.45, 2.75) is 32.2 Å². The van der Waals surface area contributed by atoms with Crippen LogP contribution < -0.4 is 10.2 Å². The molecule has 1 amide bonds. The van der Waals surface area contributed by atoms with Crippen LogP contribution in [-0.2, 0) is 4.79 Å². The Morgan fingerprint density at radius 1 is 1.53 bits per heavy atom. The van der Waals surface area contributed by atoms with Gasteiger partial charge in [0.1, 0.15) is 5.82 Å². The summed E-state index contributed by atoms with van der Waals surface area (Å²) in [7, 11) is 0. The number of nitrogens with one attached hydrogen (secondary N) is 1. The van der Waals surface area contributed by atoms with Gasteiger partial charge in [-0.25, -0.2) is 4.39 Å². The van der Waals surface area contributed by atoms with Crippen molar-refractivity contribution in [3.05, 3.63) is 28.5 Å². The Hall–Kier alpha value is -0.940. The molecule has 3 nitrogen and oxygen atoms in total. The van der Waals surface area contributed by atoms with Crippen molar-refractivity contribution in [3.63, 3.8) is 0 Å². The molecule has 19 heavy (non-hydrogen) atoms. The van der Waals surface area contributed by atoms with Crippen molar-refractivity contribution in [1.82, 2.24) is 5.32 Å². The largest absolute Gasteiger partial charge is 0.308 e. The highest BCUT2D eigenvalue weighted by Gasteiger charge is 2.30. The molecule has 1 aromatic carbocycles. The van der Waals surface area contributed by atoms with Crippen LogP contribution in [0.2, 0.25) is 0 Å². The van der Waals surface area contributed by atoms with Crippen molar-refractivity contribution < 1.29 is 9.18 Å². The maximum Gasteiger partial charge on any atom is 0.244 e. The lowest BCUT2D eigenvalue weighted by atomic mass is 10.0. The minimum atomic E-state index is -0.362. The number of rotatable bonds is 4. The summed E-state index contributed by atoms with van der Waals surface area (Å²) in [5.41, 5.74) is 0.371. The Balaban J connectivity index is 2.17. The Kier molecular flexibility index (Phi) is 4.93. The number of hydrogen-bond acceptors (Lipinski definition) is 2. The zero-order chi connectivity index (χ0) is 13.8. The highest BCUT2D eigenvalue weighted by atomic mass is 79.9.